The van der Waals surface area contributed by atoms with Crippen LogP contribution in [-0.2, 0) is 4.74 Å². The van der Waals surface area contributed by atoms with Gasteiger partial charge in [-0.05, 0) is 31.4 Å². The summed E-state index contributed by atoms with van der Waals surface area (Å²) in [6.45, 7) is 2.43. The summed E-state index contributed by atoms with van der Waals surface area (Å²) in [7, 11) is 0. The van der Waals surface area contributed by atoms with E-state index in [1.165, 1.54) is 0 Å². The number of H-pyrrole nitrogens is 1. The Balaban J connectivity index is 1.62. The van der Waals surface area contributed by atoms with E-state index < -0.39 is 0 Å². The number of rotatable bonds is 4. The molecule has 21 heavy (non-hydrogen) atoms. The van der Waals surface area contributed by atoms with Gasteiger partial charge in [0.05, 0.1) is 23.9 Å². The van der Waals surface area contributed by atoms with E-state index in [1.54, 1.807) is 6.20 Å². The molecule has 1 saturated heterocycles. The van der Waals surface area contributed by atoms with E-state index in [-0.39, 0.29) is 5.91 Å². The molecule has 1 amide bonds. The summed E-state index contributed by atoms with van der Waals surface area (Å²) >= 11 is 0. The van der Waals surface area contributed by atoms with E-state index in [9.17, 15) is 4.79 Å². The Hall–Kier alpha value is -1.88. The molecule has 5 heteroatoms. The number of aromatic nitrogens is 2. The molecule has 4 rings (SSSR count). The molecule has 2 aliphatic rings. The van der Waals surface area contributed by atoms with Gasteiger partial charge in [-0.1, -0.05) is 6.07 Å². The largest absolute Gasteiger partial charge is 0.381 e. The lowest BCUT2D eigenvalue weighted by atomic mass is 10.1. The van der Waals surface area contributed by atoms with Crippen molar-refractivity contribution >= 4 is 16.8 Å². The minimum Gasteiger partial charge on any atom is -0.381 e. The van der Waals surface area contributed by atoms with Crippen molar-refractivity contribution in [2.24, 2.45) is 5.92 Å². The summed E-state index contributed by atoms with van der Waals surface area (Å²) in [6.07, 6.45) is 5.06. The maximum Gasteiger partial charge on any atom is 0.254 e. The molecule has 1 aromatic carbocycles. The van der Waals surface area contributed by atoms with Crippen LogP contribution in [0.25, 0.3) is 10.9 Å². The van der Waals surface area contributed by atoms with E-state index >= 15 is 0 Å². The number of hydrogen-bond donors (Lipinski definition) is 1. The number of aromatic amines is 1. The van der Waals surface area contributed by atoms with Crippen molar-refractivity contribution in [2.45, 2.75) is 25.3 Å². The summed E-state index contributed by atoms with van der Waals surface area (Å²) in [5.74, 6) is 0.620. The number of amides is 1. The van der Waals surface area contributed by atoms with Crippen molar-refractivity contribution in [2.75, 3.05) is 19.8 Å². The summed E-state index contributed by atoms with van der Waals surface area (Å²) in [6, 6.07) is 6.18. The number of benzene rings is 1. The van der Waals surface area contributed by atoms with Crippen molar-refractivity contribution in [1.29, 1.82) is 0 Å². The molecule has 2 heterocycles. The predicted molar refractivity (Wildman–Crippen MR) is 79.1 cm³/mol. The zero-order valence-electron chi connectivity index (χ0n) is 11.9. The molecular formula is C16H19N3O2. The van der Waals surface area contributed by atoms with Crippen LogP contribution < -0.4 is 0 Å². The molecule has 0 radical (unpaired) electrons. The first-order chi connectivity index (χ1) is 10.3. The number of ether oxygens (including phenoxy) is 1. The van der Waals surface area contributed by atoms with E-state index in [1.807, 2.05) is 18.2 Å². The van der Waals surface area contributed by atoms with E-state index in [4.69, 9.17) is 4.74 Å². The smallest absolute Gasteiger partial charge is 0.254 e. The maximum atomic E-state index is 13.0. The minimum atomic E-state index is 0.136. The van der Waals surface area contributed by atoms with Gasteiger partial charge in [0, 0.05) is 30.5 Å². The second kappa shape index (κ2) is 5.15. The quantitative estimate of drug-likeness (QED) is 0.937. The van der Waals surface area contributed by atoms with Crippen LogP contribution >= 0.6 is 0 Å². The highest BCUT2D eigenvalue weighted by Crippen LogP contribution is 2.31. The summed E-state index contributed by atoms with van der Waals surface area (Å²) < 4.78 is 5.45. The maximum absolute atomic E-state index is 13.0. The molecule has 1 N–H and O–H groups in total. The summed E-state index contributed by atoms with van der Waals surface area (Å²) in [5.41, 5.74) is 1.67. The van der Waals surface area contributed by atoms with Crippen LogP contribution in [0.1, 0.15) is 29.6 Å². The first kappa shape index (κ1) is 12.8. The van der Waals surface area contributed by atoms with Crippen LogP contribution in [0.5, 0.6) is 0 Å². The molecule has 110 valence electrons. The topological polar surface area (TPSA) is 58.2 Å². The third kappa shape index (κ3) is 2.42. The number of hydrogen-bond acceptors (Lipinski definition) is 3. The second-order valence-corrected chi connectivity index (χ2v) is 6.06. The van der Waals surface area contributed by atoms with Crippen molar-refractivity contribution in [1.82, 2.24) is 15.1 Å². The Kier molecular flexibility index (Phi) is 3.15. The Morgan fingerprint density at radius 3 is 3.05 bits per heavy atom. The normalized spacial score (nSPS) is 21.8. The van der Waals surface area contributed by atoms with Gasteiger partial charge >= 0.3 is 0 Å². The monoisotopic (exact) mass is 285 g/mol. The SMILES string of the molecule is O=C(c1cccc2[nH]ncc12)N(C[C@@H]1CCOC1)C1CC1. The van der Waals surface area contributed by atoms with Crippen molar-refractivity contribution < 1.29 is 9.53 Å². The van der Waals surface area contributed by atoms with Gasteiger partial charge in [-0.25, -0.2) is 0 Å². The first-order valence-electron chi connectivity index (χ1n) is 7.64. The minimum absolute atomic E-state index is 0.136. The molecule has 1 atom stereocenters. The molecule has 0 unspecified atom stereocenters. The zero-order valence-corrected chi connectivity index (χ0v) is 11.9. The van der Waals surface area contributed by atoms with Crippen molar-refractivity contribution in [3.8, 4) is 0 Å². The summed E-state index contributed by atoms with van der Waals surface area (Å²) in [5, 5.41) is 7.90. The number of carbonyl (C=O) groups excluding carboxylic acids is 1. The number of nitrogens with one attached hydrogen (secondary N) is 1. The van der Waals surface area contributed by atoms with E-state index in [0.717, 1.165) is 55.5 Å². The highest BCUT2D eigenvalue weighted by molar-refractivity contribution is 6.06. The molecule has 1 aromatic heterocycles. The molecular weight excluding hydrogens is 266 g/mol. The third-order valence-corrected chi connectivity index (χ3v) is 4.44. The fourth-order valence-electron chi connectivity index (χ4n) is 3.10. The standard InChI is InChI=1S/C16H19N3O2/c20-16(13-2-1-3-15-14(13)8-17-18-15)19(12-4-5-12)9-11-6-7-21-10-11/h1-3,8,11-12H,4-7,9-10H2,(H,17,18)/t11-/m0/s1. The number of fused-ring (bicyclic) bond motifs is 1. The molecule has 1 saturated carbocycles. The summed E-state index contributed by atoms with van der Waals surface area (Å²) in [4.78, 5) is 15.0. The van der Waals surface area contributed by atoms with Crippen LogP contribution in [0.2, 0.25) is 0 Å². The van der Waals surface area contributed by atoms with Crippen LogP contribution in [0.3, 0.4) is 0 Å². The molecule has 0 bridgehead atoms. The van der Waals surface area contributed by atoms with Gasteiger partial charge in [-0.3, -0.25) is 9.89 Å². The Bertz CT molecular complexity index is 656. The molecule has 2 aromatic rings. The van der Waals surface area contributed by atoms with Gasteiger partial charge in [0.1, 0.15) is 0 Å². The lowest BCUT2D eigenvalue weighted by Crippen LogP contribution is -2.37. The van der Waals surface area contributed by atoms with Crippen LogP contribution in [0.15, 0.2) is 24.4 Å². The average Bonchev–Trinajstić information content (AvgIpc) is 3.02. The van der Waals surface area contributed by atoms with Gasteiger partial charge in [-0.15, -0.1) is 0 Å². The van der Waals surface area contributed by atoms with Gasteiger partial charge in [0.15, 0.2) is 0 Å². The van der Waals surface area contributed by atoms with Crippen LogP contribution in [0, 0.1) is 5.92 Å². The van der Waals surface area contributed by atoms with Gasteiger partial charge in [0.2, 0.25) is 0 Å². The van der Waals surface area contributed by atoms with Gasteiger partial charge in [0.25, 0.3) is 5.91 Å². The second-order valence-electron chi connectivity index (χ2n) is 6.06. The molecule has 1 aliphatic heterocycles. The number of nitrogens with zero attached hydrogens (tertiary/aromatic N) is 2. The third-order valence-electron chi connectivity index (χ3n) is 4.44. The fourth-order valence-corrected chi connectivity index (χ4v) is 3.10. The fraction of sp³-hybridized carbons (Fsp3) is 0.500. The number of carbonyl (C=O) groups is 1. The van der Waals surface area contributed by atoms with Crippen molar-refractivity contribution in [3.05, 3.63) is 30.0 Å². The van der Waals surface area contributed by atoms with Crippen LogP contribution in [0.4, 0.5) is 0 Å². The first-order valence-corrected chi connectivity index (χ1v) is 7.64. The highest BCUT2D eigenvalue weighted by atomic mass is 16.5. The molecule has 1 aliphatic carbocycles. The predicted octanol–water partition coefficient (Wildman–Crippen LogP) is 2.20. The van der Waals surface area contributed by atoms with Gasteiger partial charge in [-0.2, -0.15) is 5.10 Å². The van der Waals surface area contributed by atoms with Crippen LogP contribution in [-0.4, -0.2) is 46.8 Å². The zero-order chi connectivity index (χ0) is 14.2. The van der Waals surface area contributed by atoms with E-state index in [2.05, 4.69) is 15.1 Å². The highest BCUT2D eigenvalue weighted by Gasteiger charge is 2.35. The lowest BCUT2D eigenvalue weighted by Gasteiger charge is -2.25. The Morgan fingerprint density at radius 1 is 1.38 bits per heavy atom. The average molecular weight is 285 g/mol. The van der Waals surface area contributed by atoms with Crippen molar-refractivity contribution in [3.63, 3.8) is 0 Å². The van der Waals surface area contributed by atoms with E-state index in [0.29, 0.717) is 12.0 Å². The Morgan fingerprint density at radius 2 is 2.29 bits per heavy atom. The lowest BCUT2D eigenvalue weighted by molar-refractivity contribution is 0.0708. The van der Waals surface area contributed by atoms with Gasteiger partial charge < -0.3 is 9.64 Å². The Labute approximate surface area is 123 Å². The molecule has 0 spiro atoms. The molecule has 5 nitrogen and oxygen atoms in total. The molecule has 2 fully saturated rings.